The van der Waals surface area contributed by atoms with Gasteiger partial charge < -0.3 is 42.5 Å². The third-order valence-corrected chi connectivity index (χ3v) is 12.9. The fraction of sp³-hybridized carbons (Fsp3) is 0.562. The SMILES string of the molecule is CCCC(=O)NC(C(=O)N[C@@H](CCCNC(N)=O)C(=O)Nc1ccc(S(=O)(=O)NC(=O)/C(C)=C/[C@H](C(C)C)N(C)C(=O)C(NC(=O)[C@@H](NC)C(C)(C)c2ccccc2)C(C)(C)C)cc1F)C(C)C. The van der Waals surface area contributed by atoms with E-state index in [-0.39, 0.29) is 49.1 Å². The molecule has 68 heavy (non-hydrogen) atoms. The Kier molecular flexibility index (Phi) is 21.8. The summed E-state index contributed by atoms with van der Waals surface area (Å²) in [6.45, 7) is 19.6. The van der Waals surface area contributed by atoms with E-state index in [0.717, 1.165) is 17.7 Å². The smallest absolute Gasteiger partial charge is 0.312 e. The van der Waals surface area contributed by atoms with Gasteiger partial charge in [0.2, 0.25) is 29.5 Å². The Hall–Kier alpha value is -5.89. The molecule has 0 saturated heterocycles. The van der Waals surface area contributed by atoms with Crippen LogP contribution in [0.25, 0.3) is 0 Å². The van der Waals surface area contributed by atoms with E-state index in [1.54, 1.807) is 27.8 Å². The summed E-state index contributed by atoms with van der Waals surface area (Å²) in [7, 11) is -1.49. The average molecular weight is 972 g/mol. The molecule has 0 saturated carbocycles. The molecule has 8 amide bonds. The number of nitrogens with zero attached hydrogens (tertiary/aromatic N) is 1. The second-order valence-corrected chi connectivity index (χ2v) is 20.9. The number of likely N-dealkylation sites (N-methyl/N-ethyl adjacent to an activating group) is 2. The number of primary amides is 1. The maximum atomic E-state index is 15.6. The van der Waals surface area contributed by atoms with Crippen molar-refractivity contribution in [2.75, 3.05) is 26.0 Å². The first-order chi connectivity index (χ1) is 31.5. The lowest BCUT2D eigenvalue weighted by molar-refractivity contribution is -0.141. The van der Waals surface area contributed by atoms with Crippen LogP contribution in [0, 0.1) is 23.1 Å². The molecule has 18 nitrogen and oxygen atoms in total. The lowest BCUT2D eigenvalue weighted by atomic mass is 9.76. The van der Waals surface area contributed by atoms with E-state index in [1.807, 2.05) is 83.5 Å². The summed E-state index contributed by atoms with van der Waals surface area (Å²) in [5, 5.41) is 16.1. The van der Waals surface area contributed by atoms with Crippen molar-refractivity contribution >= 4 is 57.2 Å². The molecule has 20 heteroatoms. The van der Waals surface area contributed by atoms with Gasteiger partial charge in [0.25, 0.3) is 15.9 Å². The van der Waals surface area contributed by atoms with Crippen LogP contribution >= 0.6 is 0 Å². The molecule has 2 aromatic carbocycles. The number of sulfonamides is 1. The number of anilines is 1. The van der Waals surface area contributed by atoms with Crippen LogP contribution in [0.4, 0.5) is 14.9 Å². The first kappa shape index (κ1) is 58.2. The van der Waals surface area contributed by atoms with Crippen molar-refractivity contribution in [3.05, 3.63) is 71.6 Å². The molecule has 2 rings (SSSR count). The Labute approximate surface area is 401 Å². The molecule has 0 radical (unpaired) electrons. The van der Waals surface area contributed by atoms with Gasteiger partial charge in [-0.3, -0.25) is 28.8 Å². The molecular weight excluding hydrogens is 898 g/mol. The Morgan fingerprint density at radius 1 is 0.838 bits per heavy atom. The zero-order valence-corrected chi connectivity index (χ0v) is 42.6. The molecule has 378 valence electrons. The number of hydrogen-bond donors (Lipinski definition) is 8. The Morgan fingerprint density at radius 3 is 1.97 bits per heavy atom. The summed E-state index contributed by atoms with van der Waals surface area (Å²) in [6.07, 6.45) is 2.29. The van der Waals surface area contributed by atoms with E-state index in [2.05, 4.69) is 31.9 Å². The fourth-order valence-electron chi connectivity index (χ4n) is 7.46. The summed E-state index contributed by atoms with van der Waals surface area (Å²) >= 11 is 0. The van der Waals surface area contributed by atoms with Crippen molar-refractivity contribution in [1.29, 1.82) is 0 Å². The van der Waals surface area contributed by atoms with Crippen LogP contribution in [0.15, 0.2) is 65.1 Å². The van der Waals surface area contributed by atoms with Crippen molar-refractivity contribution in [3.63, 3.8) is 0 Å². The number of nitrogens with one attached hydrogen (secondary N) is 7. The van der Waals surface area contributed by atoms with Crippen LogP contribution in [0.5, 0.6) is 0 Å². The number of carbonyl (C=O) groups excluding carboxylic acids is 7. The van der Waals surface area contributed by atoms with Crippen LogP contribution in [-0.4, -0.2) is 106 Å². The largest absolute Gasteiger partial charge is 0.352 e. The molecule has 9 N–H and O–H groups in total. The summed E-state index contributed by atoms with van der Waals surface area (Å²) < 4.78 is 44.4. The zero-order chi connectivity index (χ0) is 51.9. The van der Waals surface area contributed by atoms with E-state index >= 15 is 4.39 Å². The highest BCUT2D eigenvalue weighted by atomic mass is 32.2. The van der Waals surface area contributed by atoms with Gasteiger partial charge in [-0.15, -0.1) is 0 Å². The lowest BCUT2D eigenvalue weighted by Gasteiger charge is -2.40. The van der Waals surface area contributed by atoms with Gasteiger partial charge >= 0.3 is 6.03 Å². The summed E-state index contributed by atoms with van der Waals surface area (Å²) in [5.74, 6) is -5.64. The van der Waals surface area contributed by atoms with Crippen LogP contribution in [-0.2, 0) is 44.2 Å². The maximum Gasteiger partial charge on any atom is 0.312 e. The van der Waals surface area contributed by atoms with Crippen molar-refractivity contribution in [3.8, 4) is 0 Å². The molecule has 2 aromatic rings. The van der Waals surface area contributed by atoms with Crippen molar-refractivity contribution < 1.29 is 46.4 Å². The minimum Gasteiger partial charge on any atom is -0.352 e. The van der Waals surface area contributed by atoms with Gasteiger partial charge in [0.05, 0.1) is 22.7 Å². The van der Waals surface area contributed by atoms with Crippen molar-refractivity contribution in [1.82, 2.24) is 36.2 Å². The van der Waals surface area contributed by atoms with E-state index < -0.39 is 103 Å². The second-order valence-electron chi connectivity index (χ2n) is 19.2. The Balaban J connectivity index is 2.32. The van der Waals surface area contributed by atoms with Gasteiger partial charge in [-0.2, -0.15) is 0 Å². The number of urea groups is 1. The van der Waals surface area contributed by atoms with Crippen molar-refractivity contribution in [2.24, 2.45) is 23.0 Å². The van der Waals surface area contributed by atoms with Gasteiger partial charge in [0.1, 0.15) is 23.9 Å². The number of benzene rings is 2. The summed E-state index contributed by atoms with van der Waals surface area (Å²) in [6, 6.07) is 6.51. The normalized spacial score (nSPS) is 14.4. The van der Waals surface area contributed by atoms with Crippen molar-refractivity contribution in [2.45, 2.75) is 142 Å². The van der Waals surface area contributed by atoms with Gasteiger partial charge in [0, 0.05) is 31.0 Å². The number of rotatable bonds is 24. The number of hydrogen-bond acceptors (Lipinski definition) is 10. The molecule has 0 aliphatic carbocycles. The number of nitrogens with two attached hydrogens (primary N) is 1. The number of amides is 8. The molecule has 0 spiro atoms. The Morgan fingerprint density at radius 2 is 1.46 bits per heavy atom. The van der Waals surface area contributed by atoms with E-state index in [4.69, 9.17) is 5.73 Å². The fourth-order valence-corrected chi connectivity index (χ4v) is 8.49. The predicted octanol–water partition coefficient (Wildman–Crippen LogP) is 3.97. The number of halogens is 1. The first-order valence-corrected chi connectivity index (χ1v) is 24.3. The highest BCUT2D eigenvalue weighted by Crippen LogP contribution is 2.29. The second kappa shape index (κ2) is 25.5. The minimum absolute atomic E-state index is 0.0430. The average Bonchev–Trinajstić information content (AvgIpc) is 3.24. The van der Waals surface area contributed by atoms with Crippen LogP contribution < -0.4 is 42.4 Å². The Bertz CT molecular complexity index is 2250. The van der Waals surface area contributed by atoms with E-state index in [9.17, 15) is 42.0 Å². The van der Waals surface area contributed by atoms with Gasteiger partial charge in [-0.05, 0) is 74.2 Å². The third kappa shape index (κ3) is 16.7. The summed E-state index contributed by atoms with van der Waals surface area (Å²) in [5.41, 5.74) is 4.11. The highest BCUT2D eigenvalue weighted by molar-refractivity contribution is 7.90. The molecule has 0 heterocycles. The lowest BCUT2D eigenvalue weighted by Crippen LogP contribution is -2.61. The topological polar surface area (TPSA) is 267 Å². The maximum absolute atomic E-state index is 15.6. The van der Waals surface area contributed by atoms with Crippen LogP contribution in [0.3, 0.4) is 0 Å². The quantitative estimate of drug-likeness (QED) is 0.0554. The monoisotopic (exact) mass is 972 g/mol. The van der Waals surface area contributed by atoms with Gasteiger partial charge in [-0.25, -0.2) is 22.3 Å². The summed E-state index contributed by atoms with van der Waals surface area (Å²) in [4.78, 5) is 92.9. The standard InChI is InChI=1S/C48H74FN9O9S/c1-14-19-37(59)55-38(29(4)5)43(62)54-35(22-18-25-52-46(50)65)42(61)53-34-24-23-32(27-33(34)49)68(66,67)57-41(60)30(6)26-36(28(2)3)58(13)45(64)40(47(7,8)9)56-44(63)39(51-12)48(10,11)31-20-16-15-17-21-31/h15-17,20-21,23-24,26-29,35-36,38-40,51H,14,18-19,22,25H2,1-13H3,(H,53,61)(H,54,62)(H,55,59)(H,56,63)(H,57,60)(H3,50,52,65)/b30-26+/t35-,36+,38?,39+,40?/m0/s1. The molecule has 0 aromatic heterocycles. The molecule has 5 atom stereocenters. The van der Waals surface area contributed by atoms with Crippen LogP contribution in [0.1, 0.15) is 107 Å². The molecule has 0 aliphatic rings. The zero-order valence-electron chi connectivity index (χ0n) is 41.8. The molecule has 0 fully saturated rings. The number of carbonyl (C=O) groups is 7. The van der Waals surface area contributed by atoms with Crippen LogP contribution in [0.2, 0.25) is 0 Å². The first-order valence-electron chi connectivity index (χ1n) is 22.8. The molecular formula is C48H74FN9O9S. The minimum atomic E-state index is -4.70. The highest BCUT2D eigenvalue weighted by Gasteiger charge is 2.42. The molecule has 0 aliphatic heterocycles. The molecule has 0 bridgehead atoms. The van der Waals surface area contributed by atoms with E-state index in [1.165, 1.54) is 24.9 Å². The molecule has 2 unspecified atom stereocenters. The van der Waals surface area contributed by atoms with Gasteiger partial charge in [-0.1, -0.05) is 106 Å². The third-order valence-electron chi connectivity index (χ3n) is 11.5. The van der Waals surface area contributed by atoms with Gasteiger partial charge in [0.15, 0.2) is 0 Å². The predicted molar refractivity (Wildman–Crippen MR) is 260 cm³/mol. The van der Waals surface area contributed by atoms with E-state index in [0.29, 0.717) is 12.5 Å².